The van der Waals surface area contributed by atoms with Gasteiger partial charge < -0.3 is 15.4 Å². The molecule has 0 bridgehead atoms. The number of carbonyl (C=O) groups is 1. The van der Waals surface area contributed by atoms with Crippen LogP contribution >= 0.6 is 0 Å². The van der Waals surface area contributed by atoms with Gasteiger partial charge in [0.25, 0.3) is 0 Å². The molecule has 0 aromatic heterocycles. The van der Waals surface area contributed by atoms with Gasteiger partial charge in [0.15, 0.2) is 5.78 Å². The maximum atomic E-state index is 12.5. The van der Waals surface area contributed by atoms with E-state index in [1.165, 1.54) is 0 Å². The van der Waals surface area contributed by atoms with E-state index in [-0.39, 0.29) is 17.9 Å². The van der Waals surface area contributed by atoms with Gasteiger partial charge in [-0.15, -0.1) is 0 Å². The number of nitrogens with one attached hydrogen (secondary N) is 2. The number of ether oxygens (including phenoxy) is 1. The molecule has 2 rings (SSSR count). The molecule has 4 nitrogen and oxygen atoms in total. The van der Waals surface area contributed by atoms with Gasteiger partial charge in [-0.2, -0.15) is 0 Å². The van der Waals surface area contributed by atoms with Crippen LogP contribution in [0.1, 0.15) is 50.9 Å². The molecular weight excluding hydrogens is 264 g/mol. The largest absolute Gasteiger partial charge is 0.486 e. The molecule has 1 heterocycles. The monoisotopic (exact) mass is 290 g/mol. The zero-order valence-electron chi connectivity index (χ0n) is 13.4. The average Bonchev–Trinajstić information content (AvgIpc) is 2.52. The first-order chi connectivity index (χ1) is 10.0. The first kappa shape index (κ1) is 15.8. The summed E-state index contributed by atoms with van der Waals surface area (Å²) in [6.07, 6.45) is 2.20. The topological polar surface area (TPSA) is 50.4 Å². The minimum absolute atomic E-state index is 0.123. The number of anilines is 1. The average molecular weight is 290 g/mol. The number of fused-ring (bicyclic) bond motifs is 1. The number of carbonyl (C=O) groups excluding carboxylic acids is 1. The first-order valence-electron chi connectivity index (χ1n) is 7.90. The molecule has 0 radical (unpaired) electrons. The lowest BCUT2D eigenvalue weighted by molar-refractivity contribution is 0.0945. The number of hydrogen-bond donors (Lipinski definition) is 2. The van der Waals surface area contributed by atoms with Gasteiger partial charge in [-0.05, 0) is 44.9 Å². The van der Waals surface area contributed by atoms with Gasteiger partial charge in [0.05, 0.1) is 18.3 Å². The summed E-state index contributed by atoms with van der Waals surface area (Å²) in [4.78, 5) is 12.5. The lowest BCUT2D eigenvalue weighted by Crippen LogP contribution is -2.39. The predicted octanol–water partition coefficient (Wildman–Crippen LogP) is 3.23. The predicted molar refractivity (Wildman–Crippen MR) is 86.3 cm³/mol. The Morgan fingerprint density at radius 2 is 2.19 bits per heavy atom. The maximum absolute atomic E-state index is 12.5. The van der Waals surface area contributed by atoms with Crippen LogP contribution in [-0.2, 0) is 0 Å². The van der Waals surface area contributed by atoms with Crippen LogP contribution in [0, 0.1) is 0 Å². The van der Waals surface area contributed by atoms with Crippen molar-refractivity contribution in [3.05, 3.63) is 23.8 Å². The quantitative estimate of drug-likeness (QED) is 0.790. The SMILES string of the molecule is CCC(C)NC(C)C(=O)c1ccc2c(c1)NCC(CC)O2. The van der Waals surface area contributed by atoms with E-state index in [4.69, 9.17) is 4.74 Å². The molecule has 2 N–H and O–H groups in total. The molecule has 21 heavy (non-hydrogen) atoms. The van der Waals surface area contributed by atoms with Gasteiger partial charge in [-0.25, -0.2) is 0 Å². The number of hydrogen-bond acceptors (Lipinski definition) is 4. The molecule has 0 amide bonds. The molecule has 1 aromatic rings. The van der Waals surface area contributed by atoms with Crippen molar-refractivity contribution in [3.63, 3.8) is 0 Å². The molecule has 0 saturated heterocycles. The lowest BCUT2D eigenvalue weighted by atomic mass is 10.0. The van der Waals surface area contributed by atoms with E-state index >= 15 is 0 Å². The molecule has 1 aliphatic heterocycles. The molecular formula is C17H26N2O2. The standard InChI is InChI=1S/C17H26N2O2/c1-5-11(3)19-12(4)17(20)13-7-8-16-15(9-13)18-10-14(6-2)21-16/h7-9,11-12,14,18-19H,5-6,10H2,1-4H3. The summed E-state index contributed by atoms with van der Waals surface area (Å²) in [5.41, 5.74) is 1.64. The highest BCUT2D eigenvalue weighted by Gasteiger charge is 2.21. The third-order valence-electron chi connectivity index (χ3n) is 4.07. The summed E-state index contributed by atoms with van der Waals surface area (Å²) >= 11 is 0. The Hall–Kier alpha value is -1.55. The summed E-state index contributed by atoms with van der Waals surface area (Å²) in [7, 11) is 0. The fourth-order valence-electron chi connectivity index (χ4n) is 2.47. The maximum Gasteiger partial charge on any atom is 0.179 e. The van der Waals surface area contributed by atoms with Crippen molar-refractivity contribution in [2.24, 2.45) is 0 Å². The van der Waals surface area contributed by atoms with Crippen LogP contribution in [0.5, 0.6) is 5.75 Å². The van der Waals surface area contributed by atoms with Crippen LogP contribution in [0.25, 0.3) is 0 Å². The lowest BCUT2D eigenvalue weighted by Gasteiger charge is -2.27. The Kier molecular flexibility index (Phi) is 5.23. The van der Waals surface area contributed by atoms with Gasteiger partial charge in [0.1, 0.15) is 11.9 Å². The second-order valence-electron chi connectivity index (χ2n) is 5.80. The van der Waals surface area contributed by atoms with Crippen LogP contribution in [-0.4, -0.2) is 30.5 Å². The Morgan fingerprint density at radius 3 is 2.86 bits per heavy atom. The molecule has 1 aromatic carbocycles. The van der Waals surface area contributed by atoms with Crippen molar-refractivity contribution < 1.29 is 9.53 Å². The fourth-order valence-corrected chi connectivity index (χ4v) is 2.47. The van der Waals surface area contributed by atoms with E-state index in [1.54, 1.807) is 0 Å². The van der Waals surface area contributed by atoms with E-state index in [1.807, 2.05) is 25.1 Å². The number of Topliss-reactive ketones (excluding diaryl/α,β-unsaturated/α-hetero) is 1. The number of rotatable bonds is 6. The minimum Gasteiger partial charge on any atom is -0.486 e. The van der Waals surface area contributed by atoms with E-state index in [0.29, 0.717) is 6.04 Å². The van der Waals surface area contributed by atoms with Crippen LogP contribution in [0.3, 0.4) is 0 Å². The van der Waals surface area contributed by atoms with Crippen molar-refractivity contribution >= 4 is 11.5 Å². The van der Waals surface area contributed by atoms with Gasteiger partial charge in [-0.3, -0.25) is 4.79 Å². The molecule has 116 valence electrons. The summed E-state index contributed by atoms with van der Waals surface area (Å²) in [6, 6.07) is 5.82. The smallest absolute Gasteiger partial charge is 0.179 e. The van der Waals surface area contributed by atoms with Crippen molar-refractivity contribution in [2.45, 2.75) is 58.7 Å². The summed E-state index contributed by atoms with van der Waals surface area (Å²) in [5, 5.41) is 6.67. The molecule has 3 atom stereocenters. The van der Waals surface area contributed by atoms with Crippen LogP contribution < -0.4 is 15.4 Å². The zero-order valence-corrected chi connectivity index (χ0v) is 13.4. The number of benzene rings is 1. The van der Waals surface area contributed by atoms with Crippen LogP contribution in [0.4, 0.5) is 5.69 Å². The van der Waals surface area contributed by atoms with Crippen LogP contribution in [0.2, 0.25) is 0 Å². The highest BCUT2D eigenvalue weighted by atomic mass is 16.5. The van der Waals surface area contributed by atoms with Crippen LogP contribution in [0.15, 0.2) is 18.2 Å². The van der Waals surface area contributed by atoms with Gasteiger partial charge in [-0.1, -0.05) is 13.8 Å². The summed E-state index contributed by atoms with van der Waals surface area (Å²) in [6.45, 7) is 9.03. The summed E-state index contributed by atoms with van der Waals surface area (Å²) in [5.74, 6) is 0.963. The van der Waals surface area contributed by atoms with Gasteiger partial charge >= 0.3 is 0 Å². The molecule has 4 heteroatoms. The van der Waals surface area contributed by atoms with Gasteiger partial charge in [0.2, 0.25) is 0 Å². The van der Waals surface area contributed by atoms with Crippen molar-refractivity contribution in [2.75, 3.05) is 11.9 Å². The highest BCUT2D eigenvalue weighted by Crippen LogP contribution is 2.31. The van der Waals surface area contributed by atoms with E-state index in [0.717, 1.165) is 36.4 Å². The molecule has 3 unspecified atom stereocenters. The molecule has 0 saturated carbocycles. The summed E-state index contributed by atoms with van der Waals surface area (Å²) < 4.78 is 5.87. The second kappa shape index (κ2) is 6.94. The Labute approximate surface area is 127 Å². The molecule has 0 spiro atoms. The van der Waals surface area contributed by atoms with E-state index in [9.17, 15) is 4.79 Å². The fraction of sp³-hybridized carbons (Fsp3) is 0.588. The third-order valence-corrected chi connectivity index (χ3v) is 4.07. The highest BCUT2D eigenvalue weighted by molar-refractivity contribution is 6.01. The first-order valence-corrected chi connectivity index (χ1v) is 7.90. The zero-order chi connectivity index (χ0) is 15.4. The Bertz CT molecular complexity index is 502. The Morgan fingerprint density at radius 1 is 1.43 bits per heavy atom. The third kappa shape index (κ3) is 3.76. The second-order valence-corrected chi connectivity index (χ2v) is 5.80. The molecule has 0 fully saturated rings. The van der Waals surface area contributed by atoms with Crippen molar-refractivity contribution in [1.82, 2.24) is 5.32 Å². The van der Waals surface area contributed by atoms with Crippen molar-refractivity contribution in [1.29, 1.82) is 0 Å². The number of ketones is 1. The van der Waals surface area contributed by atoms with Crippen molar-refractivity contribution in [3.8, 4) is 5.75 Å². The van der Waals surface area contributed by atoms with E-state index < -0.39 is 0 Å². The molecule has 1 aliphatic rings. The van der Waals surface area contributed by atoms with Gasteiger partial charge in [0, 0.05) is 11.6 Å². The van der Waals surface area contributed by atoms with E-state index in [2.05, 4.69) is 31.4 Å². The Balaban J connectivity index is 2.10. The molecule has 0 aliphatic carbocycles. The normalized spacial score (nSPS) is 19.9. The minimum atomic E-state index is -0.175.